The lowest BCUT2D eigenvalue weighted by molar-refractivity contribution is -0.384. The Morgan fingerprint density at radius 1 is 1.00 bits per heavy atom. The fourth-order valence-corrected chi connectivity index (χ4v) is 1.82. The summed E-state index contributed by atoms with van der Waals surface area (Å²) in [4.78, 5) is 20.7. The minimum absolute atomic E-state index is 0.138. The molecule has 7 nitrogen and oxygen atoms in total. The molecular weight excluding hydrogens is 240 g/mol. The molecule has 0 saturated heterocycles. The number of rotatable bonds is 3. The quantitative estimate of drug-likeness (QED) is 0.614. The van der Waals surface area contributed by atoms with E-state index in [4.69, 9.17) is 4.74 Å². The van der Waals surface area contributed by atoms with Crippen molar-refractivity contribution in [3.8, 4) is 5.75 Å². The summed E-state index contributed by atoms with van der Waals surface area (Å²) in [6.45, 7) is 0. The molecule has 0 bridgehead atoms. The molecule has 0 aliphatic rings. The van der Waals surface area contributed by atoms with E-state index in [-0.39, 0.29) is 27.9 Å². The second-order valence-corrected chi connectivity index (χ2v) is 3.50. The highest BCUT2D eigenvalue weighted by molar-refractivity contribution is 6.01. The number of non-ortho nitro benzene ring substituents is 2. The van der Waals surface area contributed by atoms with Crippen LogP contribution < -0.4 is 4.74 Å². The molecule has 0 spiro atoms. The molecule has 2 aromatic rings. The van der Waals surface area contributed by atoms with Gasteiger partial charge in [0.1, 0.15) is 11.1 Å². The lowest BCUT2D eigenvalue weighted by Gasteiger charge is -2.06. The fraction of sp³-hybridized carbons (Fsp3) is 0.0909. The van der Waals surface area contributed by atoms with E-state index in [2.05, 4.69) is 0 Å². The average molecular weight is 248 g/mol. The van der Waals surface area contributed by atoms with Crippen LogP contribution in [0, 0.1) is 20.2 Å². The molecular formula is C11H8N2O5. The molecule has 0 heterocycles. The third-order valence-electron chi connectivity index (χ3n) is 2.57. The number of nitro groups is 2. The summed E-state index contributed by atoms with van der Waals surface area (Å²) in [6.07, 6.45) is 0. The first-order valence-electron chi connectivity index (χ1n) is 4.94. The molecule has 0 aliphatic carbocycles. The van der Waals surface area contributed by atoms with E-state index in [1.54, 1.807) is 0 Å². The first kappa shape index (κ1) is 11.8. The molecule has 0 unspecified atom stereocenters. The predicted molar refractivity (Wildman–Crippen MR) is 63.8 cm³/mol. The molecule has 18 heavy (non-hydrogen) atoms. The molecule has 2 aromatic carbocycles. The molecule has 0 amide bonds. The van der Waals surface area contributed by atoms with Crippen LogP contribution >= 0.6 is 0 Å². The molecule has 0 aromatic heterocycles. The Kier molecular flexibility index (Phi) is 2.80. The van der Waals surface area contributed by atoms with Crippen molar-refractivity contribution < 1.29 is 14.6 Å². The van der Waals surface area contributed by atoms with Crippen LogP contribution in [-0.4, -0.2) is 17.0 Å². The summed E-state index contributed by atoms with van der Waals surface area (Å²) in [5, 5.41) is 22.2. The molecule has 0 fully saturated rings. The zero-order chi connectivity index (χ0) is 13.3. The van der Waals surface area contributed by atoms with Crippen molar-refractivity contribution in [2.45, 2.75) is 0 Å². The SMILES string of the molecule is COc1ccc([N+](=O)[O-])c2cccc([N+](=O)[O-])c12. The largest absolute Gasteiger partial charge is 0.496 e. The van der Waals surface area contributed by atoms with Crippen LogP contribution in [0.15, 0.2) is 30.3 Å². The molecule has 92 valence electrons. The summed E-state index contributed by atoms with van der Waals surface area (Å²) >= 11 is 0. The van der Waals surface area contributed by atoms with Gasteiger partial charge >= 0.3 is 0 Å². The first-order valence-corrected chi connectivity index (χ1v) is 4.94. The summed E-state index contributed by atoms with van der Waals surface area (Å²) in [5.41, 5.74) is -0.400. The Hall–Kier alpha value is -2.70. The summed E-state index contributed by atoms with van der Waals surface area (Å²) in [7, 11) is 1.36. The highest BCUT2D eigenvalue weighted by Crippen LogP contribution is 2.38. The Morgan fingerprint density at radius 2 is 1.67 bits per heavy atom. The summed E-state index contributed by atoms with van der Waals surface area (Å²) in [5.74, 6) is 0.239. The van der Waals surface area contributed by atoms with Gasteiger partial charge in [-0.15, -0.1) is 0 Å². The normalized spacial score (nSPS) is 10.3. The third kappa shape index (κ3) is 1.71. The van der Waals surface area contributed by atoms with Gasteiger partial charge in [0.2, 0.25) is 0 Å². The number of nitrogens with zero attached hydrogens (tertiary/aromatic N) is 2. The maximum atomic E-state index is 10.9. The molecule has 0 saturated carbocycles. The van der Waals surface area contributed by atoms with Crippen molar-refractivity contribution in [2.24, 2.45) is 0 Å². The Balaban J connectivity index is 2.95. The molecule has 0 N–H and O–H groups in total. The predicted octanol–water partition coefficient (Wildman–Crippen LogP) is 2.66. The molecule has 7 heteroatoms. The average Bonchev–Trinajstić information content (AvgIpc) is 2.36. The minimum atomic E-state index is -0.589. The van der Waals surface area contributed by atoms with Gasteiger partial charge in [0, 0.05) is 12.1 Å². The highest BCUT2D eigenvalue weighted by atomic mass is 16.6. The van der Waals surface area contributed by atoms with Crippen molar-refractivity contribution in [3.63, 3.8) is 0 Å². The third-order valence-corrected chi connectivity index (χ3v) is 2.57. The number of nitro benzene ring substituents is 2. The maximum absolute atomic E-state index is 10.9. The first-order chi connectivity index (χ1) is 8.56. The molecule has 0 atom stereocenters. The lowest BCUT2D eigenvalue weighted by atomic mass is 10.1. The maximum Gasteiger partial charge on any atom is 0.281 e. The standard InChI is InChI=1S/C11H8N2O5/c1-18-10-6-5-8(12(14)15)7-3-2-4-9(11(7)10)13(16)17/h2-6H,1H3. The number of fused-ring (bicyclic) bond motifs is 1. The lowest BCUT2D eigenvalue weighted by Crippen LogP contribution is -1.96. The van der Waals surface area contributed by atoms with Crippen molar-refractivity contribution in [2.75, 3.05) is 7.11 Å². The number of methoxy groups -OCH3 is 1. The van der Waals surface area contributed by atoms with E-state index < -0.39 is 9.85 Å². The molecule has 0 radical (unpaired) electrons. The molecule has 2 rings (SSSR count). The Morgan fingerprint density at radius 3 is 2.22 bits per heavy atom. The van der Waals surface area contributed by atoms with Crippen LogP contribution in [0.5, 0.6) is 5.75 Å². The summed E-state index contributed by atoms with van der Waals surface area (Å²) in [6, 6.07) is 6.78. The Labute approximate surface area is 101 Å². The number of ether oxygens (including phenoxy) is 1. The van der Waals surface area contributed by atoms with Crippen LogP contribution in [-0.2, 0) is 0 Å². The fourth-order valence-electron chi connectivity index (χ4n) is 1.82. The van der Waals surface area contributed by atoms with Crippen molar-refractivity contribution in [1.29, 1.82) is 0 Å². The molecule has 0 aliphatic heterocycles. The van der Waals surface area contributed by atoms with Gasteiger partial charge in [-0.25, -0.2) is 0 Å². The van der Waals surface area contributed by atoms with E-state index in [1.807, 2.05) is 0 Å². The second-order valence-electron chi connectivity index (χ2n) is 3.50. The second kappa shape index (κ2) is 4.28. The number of hydrogen-bond acceptors (Lipinski definition) is 5. The van der Waals surface area contributed by atoms with Gasteiger partial charge in [-0.1, -0.05) is 6.07 Å². The van der Waals surface area contributed by atoms with Gasteiger partial charge in [0.05, 0.1) is 22.3 Å². The van der Waals surface area contributed by atoms with Crippen molar-refractivity contribution >= 4 is 22.1 Å². The van der Waals surface area contributed by atoms with Crippen LogP contribution in [0.2, 0.25) is 0 Å². The van der Waals surface area contributed by atoms with E-state index in [9.17, 15) is 20.2 Å². The van der Waals surface area contributed by atoms with Gasteiger partial charge in [-0.05, 0) is 12.1 Å². The number of benzene rings is 2. The van der Waals surface area contributed by atoms with Gasteiger partial charge in [0.25, 0.3) is 11.4 Å². The van der Waals surface area contributed by atoms with E-state index in [0.29, 0.717) is 0 Å². The van der Waals surface area contributed by atoms with E-state index >= 15 is 0 Å². The van der Waals surface area contributed by atoms with Crippen molar-refractivity contribution in [3.05, 3.63) is 50.6 Å². The zero-order valence-corrected chi connectivity index (χ0v) is 9.32. The highest BCUT2D eigenvalue weighted by Gasteiger charge is 2.22. The van der Waals surface area contributed by atoms with Gasteiger partial charge in [0.15, 0.2) is 0 Å². The van der Waals surface area contributed by atoms with Crippen LogP contribution in [0.3, 0.4) is 0 Å². The number of hydrogen-bond donors (Lipinski definition) is 0. The van der Waals surface area contributed by atoms with Crippen LogP contribution in [0.4, 0.5) is 11.4 Å². The monoisotopic (exact) mass is 248 g/mol. The zero-order valence-electron chi connectivity index (χ0n) is 9.32. The van der Waals surface area contributed by atoms with E-state index in [0.717, 1.165) is 0 Å². The topological polar surface area (TPSA) is 95.5 Å². The van der Waals surface area contributed by atoms with Crippen LogP contribution in [0.25, 0.3) is 10.8 Å². The van der Waals surface area contributed by atoms with Gasteiger partial charge in [-0.2, -0.15) is 0 Å². The van der Waals surface area contributed by atoms with E-state index in [1.165, 1.54) is 37.4 Å². The smallest absolute Gasteiger partial charge is 0.281 e. The summed E-state index contributed by atoms with van der Waals surface area (Å²) < 4.78 is 5.03. The minimum Gasteiger partial charge on any atom is -0.496 e. The van der Waals surface area contributed by atoms with Gasteiger partial charge < -0.3 is 4.74 Å². The van der Waals surface area contributed by atoms with Gasteiger partial charge in [-0.3, -0.25) is 20.2 Å². The van der Waals surface area contributed by atoms with Crippen LogP contribution in [0.1, 0.15) is 0 Å². The van der Waals surface area contributed by atoms with Crippen molar-refractivity contribution in [1.82, 2.24) is 0 Å². The Bertz CT molecular complexity index is 653.